The molecule has 0 aromatic carbocycles. The van der Waals surface area contributed by atoms with Crippen LogP contribution in [-0.4, -0.2) is 4.57 Å². The molecule has 0 fully saturated rings. The van der Waals surface area contributed by atoms with E-state index in [-0.39, 0.29) is 11.6 Å². The Hall–Kier alpha value is -1.09. The first-order valence-electron chi connectivity index (χ1n) is 6.22. The highest BCUT2D eigenvalue weighted by Gasteiger charge is 2.23. The van der Waals surface area contributed by atoms with Crippen molar-refractivity contribution >= 4 is 0 Å². The molecule has 1 rings (SSSR count). The molecule has 0 aliphatic rings. The summed E-state index contributed by atoms with van der Waals surface area (Å²) in [5, 5.41) is 0. The van der Waals surface area contributed by atoms with Crippen LogP contribution < -0.4 is 11.3 Å². The minimum absolute atomic E-state index is 0.0596. The van der Waals surface area contributed by atoms with Crippen molar-refractivity contribution in [2.24, 2.45) is 5.73 Å². The monoisotopic (exact) mass is 236 g/mol. The molecule has 0 amide bonds. The van der Waals surface area contributed by atoms with Crippen LogP contribution >= 0.6 is 0 Å². The Kier molecular flexibility index (Phi) is 3.82. The second kappa shape index (κ2) is 4.65. The summed E-state index contributed by atoms with van der Waals surface area (Å²) >= 11 is 0. The zero-order chi connectivity index (χ0) is 13.4. The van der Waals surface area contributed by atoms with Gasteiger partial charge in [-0.3, -0.25) is 4.79 Å². The van der Waals surface area contributed by atoms with Gasteiger partial charge in [-0.15, -0.1) is 0 Å². The van der Waals surface area contributed by atoms with Gasteiger partial charge < -0.3 is 10.3 Å². The largest absolute Gasteiger partial charge is 0.322 e. The first-order chi connectivity index (χ1) is 7.70. The van der Waals surface area contributed by atoms with E-state index in [0.29, 0.717) is 0 Å². The van der Waals surface area contributed by atoms with E-state index in [4.69, 9.17) is 5.73 Å². The third-order valence-electron chi connectivity index (χ3n) is 3.31. The lowest BCUT2D eigenvalue weighted by Gasteiger charge is -2.25. The predicted octanol–water partition coefficient (Wildman–Crippen LogP) is 2.63. The maximum Gasteiger partial charge on any atom is 0.256 e. The quantitative estimate of drug-likeness (QED) is 0.877. The lowest BCUT2D eigenvalue weighted by atomic mass is 9.92. The normalized spacial score (nSPS) is 13.8. The van der Waals surface area contributed by atoms with Crippen molar-refractivity contribution in [2.45, 2.75) is 59.5 Å². The van der Waals surface area contributed by atoms with Crippen LogP contribution in [-0.2, 0) is 5.54 Å². The highest BCUT2D eigenvalue weighted by Crippen LogP contribution is 2.20. The Labute approximate surface area is 104 Å². The topological polar surface area (TPSA) is 48.0 Å². The summed E-state index contributed by atoms with van der Waals surface area (Å²) in [6.07, 6.45) is 0.939. The molecule has 1 aromatic heterocycles. The van der Waals surface area contributed by atoms with Crippen LogP contribution in [0.5, 0.6) is 0 Å². The summed E-state index contributed by atoms with van der Waals surface area (Å²) in [6, 6.07) is 2.27. The van der Waals surface area contributed by atoms with Crippen LogP contribution in [0.3, 0.4) is 0 Å². The molecule has 0 aliphatic carbocycles. The van der Waals surface area contributed by atoms with Crippen LogP contribution in [0, 0.1) is 13.8 Å². The molecule has 1 aromatic rings. The summed E-state index contributed by atoms with van der Waals surface area (Å²) in [6.45, 7) is 11.9. The molecular formula is C14H24N2O. The zero-order valence-electron chi connectivity index (χ0n) is 11.8. The lowest BCUT2D eigenvalue weighted by molar-refractivity contribution is 0.475. The highest BCUT2D eigenvalue weighted by molar-refractivity contribution is 5.31. The van der Waals surface area contributed by atoms with Crippen molar-refractivity contribution in [3.63, 3.8) is 0 Å². The third kappa shape index (κ3) is 2.60. The minimum atomic E-state index is -0.593. The van der Waals surface area contributed by atoms with Crippen molar-refractivity contribution < 1.29 is 0 Å². The van der Waals surface area contributed by atoms with Crippen molar-refractivity contribution in [1.82, 2.24) is 4.57 Å². The van der Waals surface area contributed by atoms with Gasteiger partial charge >= 0.3 is 0 Å². The van der Waals surface area contributed by atoms with Gasteiger partial charge in [0.1, 0.15) is 0 Å². The van der Waals surface area contributed by atoms with Gasteiger partial charge in [0.15, 0.2) is 0 Å². The SMILES string of the molecule is CCC(C)n1c(C)cc(C)c(C(C)(C)N)c1=O. The van der Waals surface area contributed by atoms with E-state index in [0.717, 1.165) is 23.2 Å². The minimum Gasteiger partial charge on any atom is -0.322 e. The van der Waals surface area contributed by atoms with Crippen LogP contribution in [0.4, 0.5) is 0 Å². The van der Waals surface area contributed by atoms with Gasteiger partial charge in [-0.1, -0.05) is 6.92 Å². The number of nitrogens with zero attached hydrogens (tertiary/aromatic N) is 1. The summed E-state index contributed by atoms with van der Waals surface area (Å²) < 4.78 is 1.86. The molecule has 0 aliphatic heterocycles. The van der Waals surface area contributed by atoms with Crippen LogP contribution in [0.1, 0.15) is 57.0 Å². The lowest BCUT2D eigenvalue weighted by Crippen LogP contribution is -2.40. The van der Waals surface area contributed by atoms with Gasteiger partial charge in [0, 0.05) is 22.8 Å². The smallest absolute Gasteiger partial charge is 0.256 e. The van der Waals surface area contributed by atoms with Crippen molar-refractivity contribution in [3.05, 3.63) is 33.2 Å². The fourth-order valence-corrected chi connectivity index (χ4v) is 2.42. The average molecular weight is 236 g/mol. The third-order valence-corrected chi connectivity index (χ3v) is 3.31. The number of aryl methyl sites for hydroxylation is 2. The molecule has 3 heteroatoms. The van der Waals surface area contributed by atoms with E-state index < -0.39 is 5.54 Å². The van der Waals surface area contributed by atoms with Gasteiger partial charge in [0.2, 0.25) is 0 Å². The van der Waals surface area contributed by atoms with E-state index >= 15 is 0 Å². The predicted molar refractivity (Wildman–Crippen MR) is 72.4 cm³/mol. The van der Waals surface area contributed by atoms with Crippen LogP contribution in [0.2, 0.25) is 0 Å². The van der Waals surface area contributed by atoms with E-state index in [1.165, 1.54) is 0 Å². The van der Waals surface area contributed by atoms with Crippen molar-refractivity contribution in [1.29, 1.82) is 0 Å². The van der Waals surface area contributed by atoms with Gasteiger partial charge in [-0.05, 0) is 52.7 Å². The summed E-state index contributed by atoms with van der Waals surface area (Å²) in [4.78, 5) is 12.5. The molecule has 1 heterocycles. The van der Waals surface area contributed by atoms with Crippen LogP contribution in [0.15, 0.2) is 10.9 Å². The Morgan fingerprint density at radius 3 is 2.35 bits per heavy atom. The molecule has 96 valence electrons. The fourth-order valence-electron chi connectivity index (χ4n) is 2.42. The first-order valence-corrected chi connectivity index (χ1v) is 6.22. The highest BCUT2D eigenvalue weighted by atomic mass is 16.1. The molecule has 0 spiro atoms. The van der Waals surface area contributed by atoms with E-state index in [9.17, 15) is 4.79 Å². The molecule has 0 saturated heterocycles. The first kappa shape index (κ1) is 14.0. The number of pyridine rings is 1. The van der Waals surface area contributed by atoms with Gasteiger partial charge in [-0.2, -0.15) is 0 Å². The van der Waals surface area contributed by atoms with E-state index in [1.54, 1.807) is 0 Å². The van der Waals surface area contributed by atoms with Gasteiger partial charge in [-0.25, -0.2) is 0 Å². The number of hydrogen-bond acceptors (Lipinski definition) is 2. The molecule has 0 radical (unpaired) electrons. The Morgan fingerprint density at radius 2 is 1.94 bits per heavy atom. The van der Waals surface area contributed by atoms with Gasteiger partial charge in [0.25, 0.3) is 5.56 Å². The van der Waals surface area contributed by atoms with Crippen LogP contribution in [0.25, 0.3) is 0 Å². The molecule has 1 atom stereocenters. The molecule has 0 saturated carbocycles. The molecule has 2 N–H and O–H groups in total. The Bertz CT molecular complexity index is 466. The fraction of sp³-hybridized carbons (Fsp3) is 0.643. The standard InChI is InChI=1S/C14H24N2O/c1-7-10(3)16-11(4)8-9(2)12(13(16)17)14(5,6)15/h8,10H,7,15H2,1-6H3. The Morgan fingerprint density at radius 1 is 1.41 bits per heavy atom. The summed E-state index contributed by atoms with van der Waals surface area (Å²) in [5.74, 6) is 0. The summed E-state index contributed by atoms with van der Waals surface area (Å²) in [5.41, 5.74) is 8.29. The number of aromatic nitrogens is 1. The van der Waals surface area contributed by atoms with Crippen molar-refractivity contribution in [2.75, 3.05) is 0 Å². The molecule has 3 nitrogen and oxygen atoms in total. The maximum absolute atomic E-state index is 12.5. The Balaban J connectivity index is 3.61. The number of rotatable bonds is 3. The second-order valence-corrected chi connectivity index (χ2v) is 5.50. The molecular weight excluding hydrogens is 212 g/mol. The number of nitrogens with two attached hydrogens (primary N) is 1. The van der Waals surface area contributed by atoms with E-state index in [2.05, 4.69) is 19.9 Å². The molecule has 0 bridgehead atoms. The number of hydrogen-bond donors (Lipinski definition) is 1. The summed E-state index contributed by atoms with van der Waals surface area (Å²) in [7, 11) is 0. The maximum atomic E-state index is 12.5. The molecule has 1 unspecified atom stereocenters. The second-order valence-electron chi connectivity index (χ2n) is 5.50. The van der Waals surface area contributed by atoms with Crippen molar-refractivity contribution in [3.8, 4) is 0 Å². The van der Waals surface area contributed by atoms with E-state index in [1.807, 2.05) is 32.3 Å². The molecule has 17 heavy (non-hydrogen) atoms. The van der Waals surface area contributed by atoms with Gasteiger partial charge in [0.05, 0.1) is 0 Å². The zero-order valence-corrected chi connectivity index (χ0v) is 11.8. The average Bonchev–Trinajstić information content (AvgIpc) is 2.13.